The molecule has 0 spiro atoms. The zero-order chi connectivity index (χ0) is 19.1. The molecule has 2 bridgehead atoms. The van der Waals surface area contributed by atoms with Crippen LogP contribution in [0.25, 0.3) is 11.3 Å². The number of nitrogens with one attached hydrogen (secondary N) is 2. The fourth-order valence-electron chi connectivity index (χ4n) is 3.09. The molecular weight excluding hydrogens is 413 g/mol. The quantitative estimate of drug-likeness (QED) is 0.559. The van der Waals surface area contributed by atoms with Gasteiger partial charge in [0.05, 0.1) is 28.8 Å². The number of nitrogens with zero attached hydrogens (tertiary/aromatic N) is 3. The molecule has 0 aliphatic carbocycles. The summed E-state index contributed by atoms with van der Waals surface area (Å²) in [6, 6.07) is 4.50. The highest BCUT2D eigenvalue weighted by atomic mass is 79.9. The molecule has 2 N–H and O–H groups in total. The van der Waals surface area contributed by atoms with Gasteiger partial charge in [0.25, 0.3) is 0 Å². The molecule has 6 nitrogen and oxygen atoms in total. The van der Waals surface area contributed by atoms with Gasteiger partial charge in [0.2, 0.25) is 0 Å². The number of rotatable bonds is 0. The molecule has 2 aromatic heterocycles. The minimum absolute atomic E-state index is 0.169. The Morgan fingerprint density at radius 1 is 1.37 bits per heavy atom. The highest BCUT2D eigenvalue weighted by Gasteiger charge is 2.21. The molecule has 0 saturated heterocycles. The summed E-state index contributed by atoms with van der Waals surface area (Å²) in [6.45, 7) is 8.52. The Balaban J connectivity index is 1.84. The van der Waals surface area contributed by atoms with Gasteiger partial charge in [0, 0.05) is 17.5 Å². The van der Waals surface area contributed by atoms with Gasteiger partial charge in [-0.25, -0.2) is 13.9 Å². The third-order valence-electron chi connectivity index (χ3n) is 4.48. The molecule has 0 amide bonds. The molecule has 3 heterocycles. The second-order valence-corrected chi connectivity index (χ2v) is 7.45. The molecule has 27 heavy (non-hydrogen) atoms. The van der Waals surface area contributed by atoms with Crippen molar-refractivity contribution in [2.75, 3.05) is 11.9 Å². The highest BCUT2D eigenvalue weighted by molar-refractivity contribution is 9.10. The van der Waals surface area contributed by atoms with Crippen LogP contribution in [0.1, 0.15) is 31.0 Å². The van der Waals surface area contributed by atoms with Crippen LogP contribution in [0.2, 0.25) is 0 Å². The maximum absolute atomic E-state index is 14.1. The van der Waals surface area contributed by atoms with E-state index >= 15 is 0 Å². The lowest BCUT2D eigenvalue weighted by molar-refractivity contribution is 0.219. The van der Waals surface area contributed by atoms with Crippen LogP contribution in [0.5, 0.6) is 5.75 Å². The second-order valence-electron chi connectivity index (χ2n) is 6.60. The summed E-state index contributed by atoms with van der Waals surface area (Å²) in [4.78, 5) is 4.66. The molecule has 3 aromatic rings. The first-order valence-electron chi connectivity index (χ1n) is 8.62. The van der Waals surface area contributed by atoms with Gasteiger partial charge >= 0.3 is 0 Å². The molecule has 1 aliphatic heterocycles. The minimum Gasteiger partial charge on any atom is -0.487 e. The lowest BCUT2D eigenvalue weighted by Crippen LogP contribution is -2.28. The first kappa shape index (κ1) is 17.8. The zero-order valence-electron chi connectivity index (χ0n) is 15.0. The van der Waals surface area contributed by atoms with Gasteiger partial charge in [0.1, 0.15) is 23.5 Å². The van der Waals surface area contributed by atoms with Crippen LogP contribution in [0.3, 0.4) is 0 Å². The fourth-order valence-corrected chi connectivity index (χ4v) is 3.63. The Kier molecular flexibility index (Phi) is 4.51. The fraction of sp³-hybridized carbons (Fsp3) is 0.263. The maximum atomic E-state index is 14.1. The molecule has 0 radical (unpaired) electrons. The van der Waals surface area contributed by atoms with Gasteiger partial charge in [-0.05, 0) is 48.0 Å². The predicted octanol–water partition coefficient (Wildman–Crippen LogP) is 4.15. The first-order valence-corrected chi connectivity index (χ1v) is 9.41. The Morgan fingerprint density at radius 3 is 3.00 bits per heavy atom. The number of ether oxygens (including phenoxy) is 1. The van der Waals surface area contributed by atoms with E-state index in [0.717, 1.165) is 11.3 Å². The number of hydrogen-bond acceptors (Lipinski definition) is 5. The first-order chi connectivity index (χ1) is 12.9. The maximum Gasteiger partial charge on any atom is 0.166 e. The van der Waals surface area contributed by atoms with Crippen LogP contribution >= 0.6 is 15.9 Å². The van der Waals surface area contributed by atoms with E-state index in [9.17, 15) is 4.39 Å². The van der Waals surface area contributed by atoms with Crippen LogP contribution in [0, 0.1) is 5.82 Å². The molecule has 0 saturated carbocycles. The highest BCUT2D eigenvalue weighted by Crippen LogP contribution is 2.36. The smallest absolute Gasteiger partial charge is 0.166 e. The summed E-state index contributed by atoms with van der Waals surface area (Å²) in [7, 11) is 0. The van der Waals surface area contributed by atoms with E-state index in [4.69, 9.17) is 4.74 Å². The summed E-state index contributed by atoms with van der Waals surface area (Å²) in [6.07, 6.45) is 3.39. The van der Waals surface area contributed by atoms with Crippen molar-refractivity contribution in [2.24, 2.45) is 0 Å². The van der Waals surface area contributed by atoms with Crippen molar-refractivity contribution in [3.63, 3.8) is 0 Å². The predicted molar refractivity (Wildman–Crippen MR) is 106 cm³/mol. The van der Waals surface area contributed by atoms with Crippen molar-refractivity contribution in [1.82, 2.24) is 19.9 Å². The van der Waals surface area contributed by atoms with Gasteiger partial charge in [-0.15, -0.1) is 0 Å². The van der Waals surface area contributed by atoms with E-state index in [0.29, 0.717) is 33.8 Å². The number of fused-ring (bicyclic) bond motifs is 2. The number of aromatic nitrogens is 3. The molecule has 1 aliphatic rings. The molecular formula is C19H19BrFN5O. The molecule has 1 aromatic carbocycles. The van der Waals surface area contributed by atoms with Gasteiger partial charge in [-0.1, -0.05) is 6.58 Å². The zero-order valence-corrected chi connectivity index (χ0v) is 16.5. The van der Waals surface area contributed by atoms with Gasteiger partial charge in [-0.2, -0.15) is 5.10 Å². The van der Waals surface area contributed by atoms with E-state index in [2.05, 4.69) is 43.2 Å². The van der Waals surface area contributed by atoms with Crippen LogP contribution in [0.15, 0.2) is 41.6 Å². The largest absolute Gasteiger partial charge is 0.487 e. The molecule has 0 fully saturated rings. The van der Waals surface area contributed by atoms with Crippen LogP contribution in [-0.4, -0.2) is 27.2 Å². The SMILES string of the molecule is C=C1NC[C@H](C)Oc2c(Br)cc(F)cc2[C@@H](C)Nc2ccn3ncc1c3n2. The Labute approximate surface area is 164 Å². The normalized spacial score (nSPS) is 19.9. The Morgan fingerprint density at radius 2 is 2.19 bits per heavy atom. The van der Waals surface area contributed by atoms with Crippen molar-refractivity contribution < 1.29 is 9.13 Å². The number of benzene rings is 1. The lowest BCUT2D eigenvalue weighted by atomic mass is 10.1. The summed E-state index contributed by atoms with van der Waals surface area (Å²) >= 11 is 3.43. The average molecular weight is 432 g/mol. The molecule has 140 valence electrons. The van der Waals surface area contributed by atoms with E-state index in [1.54, 1.807) is 10.7 Å². The van der Waals surface area contributed by atoms with Gasteiger partial charge in [0.15, 0.2) is 5.65 Å². The molecule has 2 atom stereocenters. The summed E-state index contributed by atoms with van der Waals surface area (Å²) in [5.41, 5.74) is 2.94. The van der Waals surface area contributed by atoms with Gasteiger partial charge in [-0.3, -0.25) is 0 Å². The van der Waals surface area contributed by atoms with Crippen LogP contribution in [-0.2, 0) is 0 Å². The molecule has 4 rings (SSSR count). The number of hydrogen-bond donors (Lipinski definition) is 2. The summed E-state index contributed by atoms with van der Waals surface area (Å²) < 4.78 is 22.5. The van der Waals surface area contributed by atoms with Crippen LogP contribution in [0.4, 0.5) is 10.2 Å². The topological polar surface area (TPSA) is 63.5 Å². The third kappa shape index (κ3) is 3.37. The second kappa shape index (κ2) is 6.84. The number of anilines is 1. The average Bonchev–Trinajstić information content (AvgIpc) is 3.04. The van der Waals surface area contributed by atoms with E-state index < -0.39 is 0 Å². The minimum atomic E-state index is -0.331. The van der Waals surface area contributed by atoms with Crippen molar-refractivity contribution >= 4 is 33.1 Å². The Hall–Kier alpha value is -2.61. The number of halogens is 2. The van der Waals surface area contributed by atoms with E-state index in [1.807, 2.05) is 26.1 Å². The molecule has 0 unspecified atom stereocenters. The monoisotopic (exact) mass is 431 g/mol. The molecule has 8 heteroatoms. The summed E-state index contributed by atoms with van der Waals surface area (Å²) in [5.74, 6) is 0.936. The lowest BCUT2D eigenvalue weighted by Gasteiger charge is -2.23. The van der Waals surface area contributed by atoms with Gasteiger partial charge < -0.3 is 15.4 Å². The third-order valence-corrected chi connectivity index (χ3v) is 5.07. The van der Waals surface area contributed by atoms with Crippen molar-refractivity contribution in [2.45, 2.75) is 26.0 Å². The standard InChI is InChI=1S/C19H19BrFN5O/c1-10-8-22-11(2)15-9-23-26-5-4-17(25-19(15)26)24-12(3)14-6-13(21)7-16(20)18(14)27-10/h4-7,9-10,12,22H,2,8H2,1,3H3,(H,24,25)/t10-,12+/m0/s1. The van der Waals surface area contributed by atoms with Crippen molar-refractivity contribution in [3.05, 3.63) is 58.6 Å². The summed E-state index contributed by atoms with van der Waals surface area (Å²) in [5, 5.41) is 10.9. The Bertz CT molecular complexity index is 1030. The van der Waals surface area contributed by atoms with E-state index in [-0.39, 0.29) is 18.0 Å². The van der Waals surface area contributed by atoms with E-state index in [1.165, 1.54) is 12.1 Å². The van der Waals surface area contributed by atoms with Crippen molar-refractivity contribution in [1.29, 1.82) is 0 Å². The van der Waals surface area contributed by atoms with Crippen LogP contribution < -0.4 is 15.4 Å². The van der Waals surface area contributed by atoms with Crippen molar-refractivity contribution in [3.8, 4) is 5.75 Å².